The number of nitrogens with one attached hydrogen (secondary N) is 1. The molecule has 1 spiro atoms. The molecule has 1 aliphatic carbocycles. The molecule has 4 amide bonds. The molecule has 1 aromatic rings. The minimum Gasteiger partial charge on any atom is -0.462 e. The first-order chi connectivity index (χ1) is 14.3. The van der Waals surface area contributed by atoms with E-state index in [0.29, 0.717) is 29.8 Å². The lowest BCUT2D eigenvalue weighted by Gasteiger charge is -2.35. The van der Waals surface area contributed by atoms with E-state index in [1.165, 1.54) is 16.2 Å². The maximum Gasteiger partial charge on any atom is 0.341 e. The highest BCUT2D eigenvalue weighted by Gasteiger charge is 2.55. The number of carbonyl (C=O) groups is 4. The van der Waals surface area contributed by atoms with Crippen LogP contribution in [0, 0.1) is 6.92 Å². The lowest BCUT2D eigenvalue weighted by atomic mass is 9.81. The third-order valence-electron chi connectivity index (χ3n) is 6.08. The van der Waals surface area contributed by atoms with Crippen molar-refractivity contribution in [2.45, 2.75) is 64.8 Å². The molecule has 1 aliphatic heterocycles. The molecule has 8 nitrogen and oxygen atoms in total. The molecule has 2 aliphatic rings. The largest absolute Gasteiger partial charge is 0.462 e. The van der Waals surface area contributed by atoms with Gasteiger partial charge in [0.05, 0.1) is 12.2 Å². The van der Waals surface area contributed by atoms with Crippen LogP contribution in [-0.4, -0.2) is 59.4 Å². The fourth-order valence-corrected chi connectivity index (χ4v) is 5.64. The van der Waals surface area contributed by atoms with E-state index < -0.39 is 23.4 Å². The molecule has 1 saturated carbocycles. The Kier molecular flexibility index (Phi) is 6.50. The minimum absolute atomic E-state index is 0.232. The Morgan fingerprint density at radius 3 is 2.43 bits per heavy atom. The molecule has 1 aromatic heterocycles. The third-order valence-corrected chi connectivity index (χ3v) is 7.14. The molecule has 0 radical (unpaired) electrons. The molecule has 2 heterocycles. The lowest BCUT2D eigenvalue weighted by Crippen LogP contribution is -2.49. The molecule has 30 heavy (non-hydrogen) atoms. The number of nitrogens with zero attached hydrogens (tertiary/aromatic N) is 2. The molecule has 3 rings (SSSR count). The predicted molar refractivity (Wildman–Crippen MR) is 114 cm³/mol. The summed E-state index contributed by atoms with van der Waals surface area (Å²) in [6.45, 7) is 5.41. The van der Waals surface area contributed by atoms with E-state index in [1.54, 1.807) is 14.0 Å². The van der Waals surface area contributed by atoms with Gasteiger partial charge in [0, 0.05) is 11.9 Å². The Morgan fingerprint density at radius 2 is 1.83 bits per heavy atom. The van der Waals surface area contributed by atoms with E-state index in [0.717, 1.165) is 34.6 Å². The summed E-state index contributed by atoms with van der Waals surface area (Å²) < 4.78 is 5.15. The van der Waals surface area contributed by atoms with Gasteiger partial charge in [-0.25, -0.2) is 9.59 Å². The standard InChI is InChI=1S/C21H29N3O5S/c1-5-14-13(3)30-17(16(14)18(26)29-6-2)22-15(25)12-24-19(27)21(23(4)20(24)28)10-8-7-9-11-21/h5-12H2,1-4H3,(H,22,25). The van der Waals surface area contributed by atoms with Crippen molar-refractivity contribution in [2.75, 3.05) is 25.5 Å². The normalized spacial score (nSPS) is 18.3. The second-order valence-corrected chi connectivity index (χ2v) is 9.01. The number of hydrogen-bond donors (Lipinski definition) is 1. The fraction of sp³-hybridized carbons (Fsp3) is 0.619. The molecular formula is C21H29N3O5S. The molecule has 0 unspecified atom stereocenters. The zero-order valence-corrected chi connectivity index (χ0v) is 18.8. The van der Waals surface area contributed by atoms with Crippen LogP contribution in [0.3, 0.4) is 0 Å². The van der Waals surface area contributed by atoms with Crippen LogP contribution in [0.25, 0.3) is 0 Å². The van der Waals surface area contributed by atoms with Gasteiger partial charge in [0.2, 0.25) is 5.91 Å². The van der Waals surface area contributed by atoms with Crippen LogP contribution >= 0.6 is 11.3 Å². The third kappa shape index (κ3) is 3.71. The van der Waals surface area contributed by atoms with E-state index in [2.05, 4.69) is 5.32 Å². The topological polar surface area (TPSA) is 96.0 Å². The van der Waals surface area contributed by atoms with E-state index >= 15 is 0 Å². The van der Waals surface area contributed by atoms with Crippen LogP contribution in [-0.2, 0) is 20.7 Å². The Bertz CT molecular complexity index is 872. The van der Waals surface area contributed by atoms with Gasteiger partial charge >= 0.3 is 12.0 Å². The molecule has 9 heteroatoms. The highest BCUT2D eigenvalue weighted by Crippen LogP contribution is 2.39. The number of esters is 1. The van der Waals surface area contributed by atoms with Crippen LogP contribution in [0.2, 0.25) is 0 Å². The van der Waals surface area contributed by atoms with Crippen molar-refractivity contribution in [3.05, 3.63) is 16.0 Å². The molecule has 0 atom stereocenters. The summed E-state index contributed by atoms with van der Waals surface area (Å²) >= 11 is 1.30. The lowest BCUT2D eigenvalue weighted by molar-refractivity contribution is -0.136. The summed E-state index contributed by atoms with van der Waals surface area (Å²) in [5, 5.41) is 3.13. The first kappa shape index (κ1) is 22.3. The smallest absolute Gasteiger partial charge is 0.341 e. The van der Waals surface area contributed by atoms with Crippen LogP contribution in [0.4, 0.5) is 9.80 Å². The van der Waals surface area contributed by atoms with Gasteiger partial charge in [0.15, 0.2) is 0 Å². The number of imide groups is 1. The molecular weight excluding hydrogens is 406 g/mol. The van der Waals surface area contributed by atoms with Crippen molar-refractivity contribution in [2.24, 2.45) is 0 Å². The summed E-state index contributed by atoms with van der Waals surface area (Å²) in [6, 6.07) is -0.445. The summed E-state index contributed by atoms with van der Waals surface area (Å²) in [4.78, 5) is 54.4. The average Bonchev–Trinajstić information content (AvgIpc) is 3.12. The summed E-state index contributed by atoms with van der Waals surface area (Å²) in [5.74, 6) is -1.29. The van der Waals surface area contributed by atoms with Crippen molar-refractivity contribution >= 4 is 40.2 Å². The van der Waals surface area contributed by atoms with Crippen molar-refractivity contribution in [1.82, 2.24) is 9.80 Å². The Labute approximate surface area is 180 Å². The minimum atomic E-state index is -0.819. The number of ether oxygens (including phenoxy) is 1. The van der Waals surface area contributed by atoms with Crippen molar-refractivity contribution in [1.29, 1.82) is 0 Å². The molecule has 0 bridgehead atoms. The molecule has 1 N–H and O–H groups in total. The van der Waals surface area contributed by atoms with E-state index in [-0.39, 0.29) is 19.1 Å². The quantitative estimate of drug-likeness (QED) is 0.546. The monoisotopic (exact) mass is 435 g/mol. The van der Waals surface area contributed by atoms with Crippen LogP contribution < -0.4 is 5.32 Å². The maximum atomic E-state index is 13.1. The van der Waals surface area contributed by atoms with Crippen molar-refractivity contribution in [3.8, 4) is 0 Å². The van der Waals surface area contributed by atoms with Gasteiger partial charge < -0.3 is 15.0 Å². The van der Waals surface area contributed by atoms with Gasteiger partial charge in [-0.05, 0) is 38.7 Å². The van der Waals surface area contributed by atoms with E-state index in [9.17, 15) is 19.2 Å². The number of anilines is 1. The number of aryl methyl sites for hydroxylation is 1. The van der Waals surface area contributed by atoms with Gasteiger partial charge in [0.1, 0.15) is 17.1 Å². The highest BCUT2D eigenvalue weighted by atomic mass is 32.1. The average molecular weight is 436 g/mol. The number of amides is 4. The van der Waals surface area contributed by atoms with Gasteiger partial charge in [0.25, 0.3) is 5.91 Å². The predicted octanol–water partition coefficient (Wildman–Crippen LogP) is 3.33. The van der Waals surface area contributed by atoms with E-state index in [1.807, 2.05) is 13.8 Å². The number of likely N-dealkylation sites (N-methyl/N-ethyl adjacent to an activating group) is 1. The zero-order chi connectivity index (χ0) is 22.1. The fourth-order valence-electron chi connectivity index (χ4n) is 4.49. The Hall–Kier alpha value is -2.42. The van der Waals surface area contributed by atoms with Crippen LogP contribution in [0.15, 0.2) is 0 Å². The Balaban J connectivity index is 1.79. The van der Waals surface area contributed by atoms with Gasteiger partial charge in [-0.1, -0.05) is 26.2 Å². The van der Waals surface area contributed by atoms with Gasteiger partial charge in [-0.3, -0.25) is 14.5 Å². The number of urea groups is 1. The molecule has 164 valence electrons. The van der Waals surface area contributed by atoms with Crippen LogP contribution in [0.1, 0.15) is 66.8 Å². The first-order valence-corrected chi connectivity index (χ1v) is 11.3. The number of rotatable bonds is 6. The second kappa shape index (κ2) is 8.75. The summed E-state index contributed by atoms with van der Waals surface area (Å²) in [6.07, 6.45) is 4.71. The molecule has 2 fully saturated rings. The van der Waals surface area contributed by atoms with E-state index in [4.69, 9.17) is 4.74 Å². The molecule has 0 aromatic carbocycles. The van der Waals surface area contributed by atoms with Gasteiger partial charge in [-0.15, -0.1) is 11.3 Å². The number of thiophene rings is 1. The zero-order valence-electron chi connectivity index (χ0n) is 18.0. The maximum absolute atomic E-state index is 13.1. The van der Waals surface area contributed by atoms with Gasteiger partial charge in [-0.2, -0.15) is 0 Å². The summed E-state index contributed by atoms with van der Waals surface area (Å²) in [5.41, 5.74) is 0.374. The number of carbonyl (C=O) groups excluding carboxylic acids is 4. The Morgan fingerprint density at radius 1 is 1.17 bits per heavy atom. The van der Waals surface area contributed by atoms with Crippen LogP contribution in [0.5, 0.6) is 0 Å². The highest BCUT2D eigenvalue weighted by molar-refractivity contribution is 7.16. The molecule has 1 saturated heterocycles. The van der Waals surface area contributed by atoms with Crippen molar-refractivity contribution in [3.63, 3.8) is 0 Å². The first-order valence-electron chi connectivity index (χ1n) is 10.5. The second-order valence-electron chi connectivity index (χ2n) is 7.79. The SMILES string of the molecule is CCOC(=O)c1c(NC(=O)CN2C(=O)N(C)C3(CCCCC3)C2=O)sc(C)c1CC. The number of hydrogen-bond acceptors (Lipinski definition) is 6. The summed E-state index contributed by atoms with van der Waals surface area (Å²) in [7, 11) is 1.64. The van der Waals surface area contributed by atoms with Crippen molar-refractivity contribution < 1.29 is 23.9 Å².